The molecule has 1 unspecified atom stereocenters. The van der Waals surface area contributed by atoms with Crippen molar-refractivity contribution in [2.24, 2.45) is 7.05 Å². The summed E-state index contributed by atoms with van der Waals surface area (Å²) < 4.78 is 7.63. The van der Waals surface area contributed by atoms with E-state index in [4.69, 9.17) is 9.84 Å². The number of carbonyl (C=O) groups is 2. The van der Waals surface area contributed by atoms with Crippen LogP contribution in [0.5, 0.6) is 0 Å². The third-order valence-corrected chi connectivity index (χ3v) is 4.47. The number of nitrogens with zero attached hydrogens (tertiary/aromatic N) is 3. The van der Waals surface area contributed by atoms with Gasteiger partial charge in [0.15, 0.2) is 0 Å². The first-order chi connectivity index (χ1) is 11.9. The molecular formula is C18H21N3O4. The minimum absolute atomic E-state index is 0.0408. The van der Waals surface area contributed by atoms with Gasteiger partial charge in [-0.3, -0.25) is 9.48 Å². The lowest BCUT2D eigenvalue weighted by Gasteiger charge is -2.40. The van der Waals surface area contributed by atoms with Crippen molar-refractivity contribution in [3.63, 3.8) is 0 Å². The SMILES string of the molecule is Cn1cc(C2(C)CN(C(=O)Cc3cccc(C(=O)O)c3)CCO2)cn1. The lowest BCUT2D eigenvalue weighted by Crippen LogP contribution is -2.50. The van der Waals surface area contributed by atoms with Gasteiger partial charge in [0.2, 0.25) is 5.91 Å². The number of carbonyl (C=O) groups excluding carboxylic acids is 1. The molecule has 2 aromatic rings. The Hall–Kier alpha value is -2.67. The smallest absolute Gasteiger partial charge is 0.335 e. The van der Waals surface area contributed by atoms with Crippen LogP contribution in [-0.4, -0.2) is 51.4 Å². The number of ether oxygens (including phenoxy) is 1. The molecule has 1 aliphatic rings. The first-order valence-corrected chi connectivity index (χ1v) is 8.10. The van der Waals surface area contributed by atoms with Gasteiger partial charge in [-0.25, -0.2) is 4.79 Å². The van der Waals surface area contributed by atoms with Gasteiger partial charge in [-0.05, 0) is 24.6 Å². The topological polar surface area (TPSA) is 84.7 Å². The van der Waals surface area contributed by atoms with Crippen molar-refractivity contribution >= 4 is 11.9 Å². The van der Waals surface area contributed by atoms with E-state index in [-0.39, 0.29) is 17.9 Å². The Labute approximate surface area is 145 Å². The van der Waals surface area contributed by atoms with Gasteiger partial charge in [0.05, 0.1) is 31.3 Å². The second-order valence-corrected chi connectivity index (χ2v) is 6.48. The molecule has 0 aliphatic carbocycles. The number of carboxylic acid groups (broad SMARTS) is 1. The quantitative estimate of drug-likeness (QED) is 0.908. The minimum Gasteiger partial charge on any atom is -0.478 e. The summed E-state index contributed by atoms with van der Waals surface area (Å²) in [6, 6.07) is 6.49. The predicted molar refractivity (Wildman–Crippen MR) is 90.2 cm³/mol. The molecule has 0 spiro atoms. The molecule has 7 nitrogen and oxygen atoms in total. The van der Waals surface area contributed by atoms with E-state index in [9.17, 15) is 9.59 Å². The first-order valence-electron chi connectivity index (χ1n) is 8.10. The third kappa shape index (κ3) is 3.71. The molecule has 3 rings (SSSR count). The lowest BCUT2D eigenvalue weighted by atomic mass is 9.96. The molecule has 1 fully saturated rings. The second-order valence-electron chi connectivity index (χ2n) is 6.48. The Bertz CT molecular complexity index is 801. The number of aromatic nitrogens is 2. The molecule has 2 heterocycles. The number of rotatable bonds is 4. The molecule has 1 atom stereocenters. The van der Waals surface area contributed by atoms with Crippen LogP contribution in [0.2, 0.25) is 0 Å². The average Bonchev–Trinajstić information content (AvgIpc) is 3.02. The highest BCUT2D eigenvalue weighted by molar-refractivity contribution is 5.88. The van der Waals surface area contributed by atoms with E-state index in [2.05, 4.69) is 5.10 Å². The number of hydrogen-bond acceptors (Lipinski definition) is 4. The van der Waals surface area contributed by atoms with Gasteiger partial charge in [0.1, 0.15) is 5.60 Å². The number of carboxylic acids is 1. The van der Waals surface area contributed by atoms with Crippen LogP contribution >= 0.6 is 0 Å². The molecule has 1 saturated heterocycles. The van der Waals surface area contributed by atoms with Gasteiger partial charge < -0.3 is 14.7 Å². The number of aryl methyl sites for hydroxylation is 1. The molecule has 0 saturated carbocycles. The van der Waals surface area contributed by atoms with Gasteiger partial charge in [0, 0.05) is 25.4 Å². The van der Waals surface area contributed by atoms with Gasteiger partial charge >= 0.3 is 5.97 Å². The molecule has 25 heavy (non-hydrogen) atoms. The van der Waals surface area contributed by atoms with Gasteiger partial charge in [-0.1, -0.05) is 12.1 Å². The molecular weight excluding hydrogens is 322 g/mol. The zero-order valence-corrected chi connectivity index (χ0v) is 14.3. The molecule has 0 bridgehead atoms. The summed E-state index contributed by atoms with van der Waals surface area (Å²) in [5.74, 6) is -1.04. The van der Waals surface area contributed by atoms with E-state index in [0.29, 0.717) is 25.3 Å². The normalized spacial score (nSPS) is 20.5. The third-order valence-electron chi connectivity index (χ3n) is 4.47. The Morgan fingerprint density at radius 1 is 1.40 bits per heavy atom. The van der Waals surface area contributed by atoms with Crippen LogP contribution < -0.4 is 0 Å². The van der Waals surface area contributed by atoms with Crippen molar-refractivity contribution in [1.82, 2.24) is 14.7 Å². The van der Waals surface area contributed by atoms with Gasteiger partial charge in [-0.15, -0.1) is 0 Å². The number of aromatic carboxylic acids is 1. The minimum atomic E-state index is -0.996. The zero-order valence-electron chi connectivity index (χ0n) is 14.3. The highest BCUT2D eigenvalue weighted by atomic mass is 16.5. The second kappa shape index (κ2) is 6.68. The maximum Gasteiger partial charge on any atom is 0.335 e. The van der Waals surface area contributed by atoms with Gasteiger partial charge in [0.25, 0.3) is 0 Å². The molecule has 1 aliphatic heterocycles. The monoisotopic (exact) mass is 343 g/mol. The summed E-state index contributed by atoms with van der Waals surface area (Å²) in [6.45, 7) is 3.37. The predicted octanol–water partition coefficient (Wildman–Crippen LogP) is 1.44. The number of hydrogen-bond donors (Lipinski definition) is 1. The van der Waals surface area contributed by atoms with E-state index in [1.54, 1.807) is 34.0 Å². The summed E-state index contributed by atoms with van der Waals surface area (Å²) in [4.78, 5) is 25.5. The Kier molecular flexibility index (Phi) is 4.59. The van der Waals surface area contributed by atoms with Crippen molar-refractivity contribution in [2.45, 2.75) is 18.9 Å². The maximum absolute atomic E-state index is 12.7. The zero-order chi connectivity index (χ0) is 18.0. The van der Waals surface area contributed by atoms with Gasteiger partial charge in [-0.2, -0.15) is 5.10 Å². The highest BCUT2D eigenvalue weighted by Gasteiger charge is 2.36. The Morgan fingerprint density at radius 2 is 2.20 bits per heavy atom. The number of amides is 1. The Balaban J connectivity index is 1.72. The summed E-state index contributed by atoms with van der Waals surface area (Å²) >= 11 is 0. The standard InChI is InChI=1S/C18H21N3O4/c1-18(15-10-19-20(2)11-15)12-21(6-7-25-18)16(22)9-13-4-3-5-14(8-13)17(23)24/h3-5,8,10-11H,6-7,9,12H2,1-2H3,(H,23,24). The van der Waals surface area contributed by atoms with Crippen LogP contribution in [0.1, 0.15) is 28.4 Å². The van der Waals surface area contributed by atoms with Crippen LogP contribution in [0.15, 0.2) is 36.7 Å². The van der Waals surface area contributed by atoms with Crippen LogP contribution in [0.25, 0.3) is 0 Å². The van der Waals surface area contributed by atoms with Crippen molar-refractivity contribution in [3.8, 4) is 0 Å². The fraction of sp³-hybridized carbons (Fsp3) is 0.389. The maximum atomic E-state index is 12.7. The molecule has 1 amide bonds. The van der Waals surface area contributed by atoms with E-state index >= 15 is 0 Å². The van der Waals surface area contributed by atoms with Crippen LogP contribution in [0.4, 0.5) is 0 Å². The van der Waals surface area contributed by atoms with Crippen molar-refractivity contribution in [3.05, 3.63) is 53.3 Å². The van der Waals surface area contributed by atoms with Crippen LogP contribution in [0, 0.1) is 0 Å². The van der Waals surface area contributed by atoms with E-state index in [1.807, 2.05) is 20.2 Å². The first kappa shape index (κ1) is 17.2. The van der Waals surface area contributed by atoms with Crippen molar-refractivity contribution in [1.29, 1.82) is 0 Å². The summed E-state index contributed by atoms with van der Waals surface area (Å²) in [7, 11) is 1.84. The van der Waals surface area contributed by atoms with Crippen LogP contribution in [0.3, 0.4) is 0 Å². The van der Waals surface area contributed by atoms with Crippen molar-refractivity contribution in [2.75, 3.05) is 19.7 Å². The van der Waals surface area contributed by atoms with Crippen LogP contribution in [-0.2, 0) is 28.6 Å². The molecule has 1 N–H and O–H groups in total. The van der Waals surface area contributed by atoms with Crippen molar-refractivity contribution < 1.29 is 19.4 Å². The molecule has 7 heteroatoms. The molecule has 0 radical (unpaired) electrons. The largest absolute Gasteiger partial charge is 0.478 e. The highest BCUT2D eigenvalue weighted by Crippen LogP contribution is 2.29. The van der Waals surface area contributed by atoms with E-state index in [0.717, 1.165) is 5.56 Å². The molecule has 1 aromatic carbocycles. The Morgan fingerprint density at radius 3 is 2.88 bits per heavy atom. The van der Waals surface area contributed by atoms with E-state index < -0.39 is 11.6 Å². The summed E-state index contributed by atoms with van der Waals surface area (Å²) in [6.07, 6.45) is 3.82. The number of morpholine rings is 1. The fourth-order valence-corrected chi connectivity index (χ4v) is 3.05. The number of benzene rings is 1. The summed E-state index contributed by atoms with van der Waals surface area (Å²) in [5, 5.41) is 13.2. The molecule has 1 aromatic heterocycles. The summed E-state index contributed by atoms with van der Waals surface area (Å²) in [5.41, 5.74) is 1.22. The fourth-order valence-electron chi connectivity index (χ4n) is 3.05. The lowest BCUT2D eigenvalue weighted by molar-refractivity contribution is -0.149. The average molecular weight is 343 g/mol. The van der Waals surface area contributed by atoms with E-state index in [1.165, 1.54) is 6.07 Å². The molecule has 132 valence electrons.